The van der Waals surface area contributed by atoms with Gasteiger partial charge in [0.1, 0.15) is 0 Å². The number of carbonyl (C=O) groups is 1. The monoisotopic (exact) mass is 243 g/mol. The molecule has 93 valence electrons. The van der Waals surface area contributed by atoms with Crippen LogP contribution in [0.3, 0.4) is 0 Å². The van der Waals surface area contributed by atoms with Crippen molar-refractivity contribution >= 4 is 14.3 Å². The number of hydrogen-bond acceptors (Lipinski definition) is 2. The summed E-state index contributed by atoms with van der Waals surface area (Å²) >= 11 is 0. The summed E-state index contributed by atoms with van der Waals surface area (Å²) in [6, 6.07) is 4.32. The molecule has 0 aromatic rings. The van der Waals surface area contributed by atoms with Gasteiger partial charge in [0.05, 0.1) is 0 Å². The Morgan fingerprint density at radius 1 is 1.31 bits per heavy atom. The van der Waals surface area contributed by atoms with Crippen LogP contribution in [0.2, 0.25) is 12.1 Å². The molecule has 0 aliphatic rings. The highest BCUT2D eigenvalue weighted by atomic mass is 28.4. The number of rotatable bonds is 8. The van der Waals surface area contributed by atoms with Crippen LogP contribution in [0.5, 0.6) is 0 Å². The first-order valence-electron chi connectivity index (χ1n) is 5.89. The van der Waals surface area contributed by atoms with Crippen LogP contribution in [0.25, 0.3) is 0 Å². The van der Waals surface area contributed by atoms with Gasteiger partial charge in [-0.15, -0.1) is 0 Å². The van der Waals surface area contributed by atoms with Gasteiger partial charge in [0, 0.05) is 12.2 Å². The van der Waals surface area contributed by atoms with Crippen molar-refractivity contribution in [3.05, 3.63) is 17.7 Å². The molecule has 0 atom stereocenters. The molecule has 1 N–H and O–H groups in total. The molecule has 0 heterocycles. The van der Waals surface area contributed by atoms with Gasteiger partial charge in [0.15, 0.2) is 8.32 Å². The van der Waals surface area contributed by atoms with Crippen molar-refractivity contribution in [1.82, 2.24) is 0 Å². The van der Waals surface area contributed by atoms with E-state index in [4.69, 9.17) is 9.53 Å². The predicted octanol–water partition coefficient (Wildman–Crippen LogP) is 3.17. The molecule has 0 saturated heterocycles. The minimum atomic E-state index is -1.71. The van der Waals surface area contributed by atoms with Gasteiger partial charge in [-0.2, -0.15) is 0 Å². The van der Waals surface area contributed by atoms with E-state index in [1.54, 1.807) is 13.0 Å². The fraction of sp³-hybridized carbons (Fsp3) is 0.667. The molecule has 16 heavy (non-hydrogen) atoms. The fourth-order valence-electron chi connectivity index (χ4n) is 1.63. The average molecular weight is 243 g/mol. The van der Waals surface area contributed by atoms with Gasteiger partial charge in [-0.25, -0.2) is 4.79 Å². The van der Waals surface area contributed by atoms with Crippen LogP contribution >= 0.6 is 0 Å². The standard InChI is InChI=1S/C12H23O3Si/c1-5-15-16(6-2,7-3)10-8-9-11(4)12(13)14/h9-10H,5-8H2,1-4H3,(H,13,14). The second-order valence-electron chi connectivity index (χ2n) is 3.84. The maximum absolute atomic E-state index is 10.6. The summed E-state index contributed by atoms with van der Waals surface area (Å²) in [6.07, 6.45) is 2.46. The normalized spacial score (nSPS) is 12.9. The maximum Gasteiger partial charge on any atom is 0.330 e. The van der Waals surface area contributed by atoms with Crippen LogP contribution in [0, 0.1) is 6.04 Å². The van der Waals surface area contributed by atoms with Crippen molar-refractivity contribution < 1.29 is 14.3 Å². The summed E-state index contributed by atoms with van der Waals surface area (Å²) in [5.74, 6) is -0.843. The molecule has 4 heteroatoms. The summed E-state index contributed by atoms with van der Waals surface area (Å²) in [4.78, 5) is 10.6. The van der Waals surface area contributed by atoms with Crippen molar-refractivity contribution in [2.75, 3.05) is 6.61 Å². The second kappa shape index (κ2) is 7.63. The van der Waals surface area contributed by atoms with Crippen molar-refractivity contribution in [1.29, 1.82) is 0 Å². The molecule has 0 amide bonds. The third-order valence-electron chi connectivity index (χ3n) is 2.88. The third kappa shape index (κ3) is 4.94. The molecule has 3 nitrogen and oxygen atoms in total. The summed E-state index contributed by atoms with van der Waals surface area (Å²) in [5, 5.41) is 8.73. The van der Waals surface area contributed by atoms with E-state index in [0.29, 0.717) is 12.0 Å². The van der Waals surface area contributed by atoms with E-state index in [2.05, 4.69) is 19.9 Å². The molecular weight excluding hydrogens is 220 g/mol. The number of aliphatic carboxylic acids is 1. The Hall–Kier alpha value is -0.613. The molecule has 1 radical (unpaired) electrons. The van der Waals surface area contributed by atoms with Crippen LogP contribution in [0.1, 0.15) is 34.1 Å². The van der Waals surface area contributed by atoms with Gasteiger partial charge >= 0.3 is 5.97 Å². The second-order valence-corrected chi connectivity index (χ2v) is 8.08. The predicted molar refractivity (Wildman–Crippen MR) is 68.7 cm³/mol. The summed E-state index contributed by atoms with van der Waals surface area (Å²) in [5.41, 5.74) is 0.405. The highest BCUT2D eigenvalue weighted by Crippen LogP contribution is 2.22. The molecule has 0 aliphatic heterocycles. The quantitative estimate of drug-likeness (QED) is 0.526. The zero-order chi connectivity index (χ0) is 12.6. The number of carboxylic acid groups (broad SMARTS) is 1. The topological polar surface area (TPSA) is 46.5 Å². The maximum atomic E-state index is 10.6. The van der Waals surface area contributed by atoms with E-state index in [0.717, 1.165) is 18.7 Å². The van der Waals surface area contributed by atoms with Gasteiger partial charge in [0.25, 0.3) is 0 Å². The van der Waals surface area contributed by atoms with Gasteiger partial charge < -0.3 is 9.53 Å². The average Bonchev–Trinajstić information content (AvgIpc) is 2.27. The summed E-state index contributed by atoms with van der Waals surface area (Å²) in [7, 11) is -1.71. The van der Waals surface area contributed by atoms with E-state index in [9.17, 15) is 4.79 Å². The first kappa shape index (κ1) is 15.4. The van der Waals surface area contributed by atoms with Crippen LogP contribution in [0.4, 0.5) is 0 Å². The van der Waals surface area contributed by atoms with E-state index < -0.39 is 14.3 Å². The summed E-state index contributed by atoms with van der Waals surface area (Å²) in [6.45, 7) is 8.68. The highest BCUT2D eigenvalue weighted by molar-refractivity contribution is 6.77. The number of allylic oxidation sites excluding steroid dienone is 1. The van der Waals surface area contributed by atoms with Gasteiger partial charge in [-0.3, -0.25) is 0 Å². The lowest BCUT2D eigenvalue weighted by Gasteiger charge is -2.28. The van der Waals surface area contributed by atoms with Gasteiger partial charge in [-0.1, -0.05) is 19.9 Å². The zero-order valence-electron chi connectivity index (χ0n) is 10.7. The minimum Gasteiger partial charge on any atom is -0.478 e. The minimum absolute atomic E-state index is 0.405. The Labute approximate surface area is 99.6 Å². The van der Waals surface area contributed by atoms with Crippen molar-refractivity contribution in [3.63, 3.8) is 0 Å². The first-order valence-corrected chi connectivity index (χ1v) is 8.29. The van der Waals surface area contributed by atoms with Crippen LogP contribution in [-0.4, -0.2) is 26.0 Å². The van der Waals surface area contributed by atoms with E-state index >= 15 is 0 Å². The van der Waals surface area contributed by atoms with E-state index in [-0.39, 0.29) is 0 Å². The van der Waals surface area contributed by atoms with Gasteiger partial charge in [-0.05, 0) is 38.4 Å². The SMILES string of the molecule is CCO[Si]([CH]CC=C(C)C(=O)O)(CC)CC. The molecule has 0 fully saturated rings. The molecule has 0 aromatic carbocycles. The lowest BCUT2D eigenvalue weighted by molar-refractivity contribution is -0.132. The third-order valence-corrected chi connectivity index (χ3v) is 7.12. The van der Waals surface area contributed by atoms with Crippen LogP contribution in [-0.2, 0) is 9.22 Å². The Morgan fingerprint density at radius 3 is 2.25 bits per heavy atom. The molecule has 0 unspecified atom stereocenters. The van der Waals surface area contributed by atoms with Crippen molar-refractivity contribution in [3.8, 4) is 0 Å². The van der Waals surface area contributed by atoms with E-state index in [1.165, 1.54) is 0 Å². The Kier molecular flexibility index (Phi) is 7.33. The Bertz CT molecular complexity index is 245. The van der Waals surface area contributed by atoms with Crippen molar-refractivity contribution in [2.45, 2.75) is 46.2 Å². The fourth-order valence-corrected chi connectivity index (χ4v) is 4.35. The van der Waals surface area contributed by atoms with Crippen molar-refractivity contribution in [2.24, 2.45) is 0 Å². The Morgan fingerprint density at radius 2 is 1.88 bits per heavy atom. The molecule has 0 spiro atoms. The number of carboxylic acids is 1. The van der Waals surface area contributed by atoms with E-state index in [1.807, 2.05) is 6.92 Å². The largest absolute Gasteiger partial charge is 0.478 e. The lowest BCUT2D eigenvalue weighted by atomic mass is 10.2. The summed E-state index contributed by atoms with van der Waals surface area (Å²) < 4.78 is 5.88. The van der Waals surface area contributed by atoms with Crippen LogP contribution in [0.15, 0.2) is 11.6 Å². The number of hydrogen-bond donors (Lipinski definition) is 1. The van der Waals surface area contributed by atoms with Gasteiger partial charge in [0.2, 0.25) is 0 Å². The smallest absolute Gasteiger partial charge is 0.330 e. The molecule has 0 aliphatic carbocycles. The molecule has 0 aromatic heterocycles. The molecule has 0 saturated carbocycles. The lowest BCUT2D eigenvalue weighted by Crippen LogP contribution is -2.37. The first-order chi connectivity index (χ1) is 7.51. The Balaban J connectivity index is 4.32. The zero-order valence-corrected chi connectivity index (χ0v) is 11.7. The molecule has 0 bridgehead atoms. The van der Waals surface area contributed by atoms with Crippen LogP contribution < -0.4 is 0 Å². The molecular formula is C12H23O3Si. The highest BCUT2D eigenvalue weighted by Gasteiger charge is 2.29. The molecule has 0 rings (SSSR count).